The van der Waals surface area contributed by atoms with Gasteiger partial charge in [-0.15, -0.1) is 0 Å². The quantitative estimate of drug-likeness (QED) is 0.204. The van der Waals surface area contributed by atoms with Crippen molar-refractivity contribution >= 4 is 21.8 Å². The highest BCUT2D eigenvalue weighted by Crippen LogP contribution is 2.38. The number of nitrogens with zero attached hydrogens (tertiary/aromatic N) is 5. The summed E-state index contributed by atoms with van der Waals surface area (Å²) in [7, 11) is 0. The molecule has 0 aliphatic carbocycles. The molecule has 214 valence electrons. The summed E-state index contributed by atoms with van der Waals surface area (Å²) in [6, 6.07) is 44.2. The molecule has 0 fully saturated rings. The first-order chi connectivity index (χ1) is 22.1. The van der Waals surface area contributed by atoms with Crippen molar-refractivity contribution in [2.75, 3.05) is 0 Å². The average molecular weight is 580 g/mol. The maximum absolute atomic E-state index is 5.11. The molecule has 8 rings (SSSR count). The molecule has 0 amide bonds. The number of aromatic nitrogens is 5. The van der Waals surface area contributed by atoms with E-state index in [-0.39, 0.29) is 0 Å². The van der Waals surface area contributed by atoms with E-state index >= 15 is 0 Å². The van der Waals surface area contributed by atoms with Crippen LogP contribution in [0.4, 0.5) is 0 Å². The second-order valence-corrected chi connectivity index (χ2v) is 11.4. The number of rotatable bonds is 5. The molecular formula is C40H29N5. The van der Waals surface area contributed by atoms with Crippen LogP contribution in [0.25, 0.3) is 72.8 Å². The zero-order valence-corrected chi connectivity index (χ0v) is 25.0. The Morgan fingerprint density at radius 2 is 0.978 bits per heavy atom. The van der Waals surface area contributed by atoms with Crippen LogP contribution in [0.3, 0.4) is 0 Å². The van der Waals surface area contributed by atoms with Crippen LogP contribution < -0.4 is 0 Å². The van der Waals surface area contributed by atoms with E-state index in [1.807, 2.05) is 85.2 Å². The Morgan fingerprint density at radius 1 is 0.444 bits per heavy atom. The van der Waals surface area contributed by atoms with Crippen LogP contribution in [0.1, 0.15) is 11.1 Å². The molecule has 0 atom stereocenters. The zero-order valence-electron chi connectivity index (χ0n) is 25.0. The van der Waals surface area contributed by atoms with Crippen molar-refractivity contribution in [3.8, 4) is 51.0 Å². The lowest BCUT2D eigenvalue weighted by molar-refractivity contribution is 1.07. The van der Waals surface area contributed by atoms with Crippen molar-refractivity contribution in [1.29, 1.82) is 0 Å². The van der Waals surface area contributed by atoms with Crippen molar-refractivity contribution in [3.63, 3.8) is 0 Å². The van der Waals surface area contributed by atoms with Gasteiger partial charge in [0.05, 0.1) is 11.0 Å². The van der Waals surface area contributed by atoms with E-state index in [2.05, 4.69) is 78.0 Å². The Labute approximate surface area is 261 Å². The van der Waals surface area contributed by atoms with Gasteiger partial charge in [0, 0.05) is 45.5 Å². The highest BCUT2D eigenvalue weighted by molar-refractivity contribution is 6.09. The van der Waals surface area contributed by atoms with E-state index in [9.17, 15) is 0 Å². The number of aryl methyl sites for hydroxylation is 2. The molecule has 0 unspecified atom stereocenters. The topological polar surface area (TPSA) is 56.5 Å². The van der Waals surface area contributed by atoms with E-state index in [0.29, 0.717) is 17.5 Å². The normalized spacial score (nSPS) is 11.3. The van der Waals surface area contributed by atoms with Crippen LogP contribution in [-0.2, 0) is 0 Å². The first-order valence-corrected chi connectivity index (χ1v) is 15.1. The lowest BCUT2D eigenvalue weighted by Gasteiger charge is -2.15. The molecule has 5 heteroatoms. The number of hydrogen-bond donors (Lipinski definition) is 0. The van der Waals surface area contributed by atoms with Gasteiger partial charge in [-0.3, -0.25) is 4.98 Å². The van der Waals surface area contributed by atoms with Crippen molar-refractivity contribution in [3.05, 3.63) is 151 Å². The van der Waals surface area contributed by atoms with Crippen LogP contribution >= 0.6 is 0 Å². The SMILES string of the molecule is Cc1ccc2c(c1)c1cc(C)ccc1n2-c1ccc(-c2ccncc2)c(-c2nc(-c3ccccc3)nc(-c3ccccc3)n2)c1. The van der Waals surface area contributed by atoms with Gasteiger partial charge in [-0.2, -0.15) is 0 Å². The molecule has 45 heavy (non-hydrogen) atoms. The van der Waals surface area contributed by atoms with E-state index in [0.717, 1.165) is 44.5 Å². The lowest BCUT2D eigenvalue weighted by Crippen LogP contribution is -2.02. The van der Waals surface area contributed by atoms with Gasteiger partial charge in [-0.05, 0) is 73.5 Å². The Morgan fingerprint density at radius 3 is 1.53 bits per heavy atom. The Balaban J connectivity index is 1.43. The van der Waals surface area contributed by atoms with Gasteiger partial charge in [0.1, 0.15) is 0 Å². The molecule has 3 aromatic heterocycles. The lowest BCUT2D eigenvalue weighted by atomic mass is 9.99. The van der Waals surface area contributed by atoms with Gasteiger partial charge in [0.25, 0.3) is 0 Å². The number of fused-ring (bicyclic) bond motifs is 3. The predicted molar refractivity (Wildman–Crippen MR) is 183 cm³/mol. The van der Waals surface area contributed by atoms with Gasteiger partial charge < -0.3 is 4.57 Å². The molecule has 8 aromatic rings. The minimum Gasteiger partial charge on any atom is -0.309 e. The number of pyridine rings is 1. The maximum atomic E-state index is 5.11. The molecular weight excluding hydrogens is 550 g/mol. The average Bonchev–Trinajstić information content (AvgIpc) is 3.41. The largest absolute Gasteiger partial charge is 0.309 e. The van der Waals surface area contributed by atoms with Crippen LogP contribution in [0.15, 0.2) is 140 Å². The minimum atomic E-state index is 0.615. The summed E-state index contributed by atoms with van der Waals surface area (Å²) in [5.74, 6) is 1.88. The van der Waals surface area contributed by atoms with Crippen LogP contribution in [0, 0.1) is 13.8 Å². The van der Waals surface area contributed by atoms with Crippen LogP contribution in [0.5, 0.6) is 0 Å². The molecule has 3 heterocycles. The first-order valence-electron chi connectivity index (χ1n) is 15.1. The summed E-state index contributed by atoms with van der Waals surface area (Å²) in [4.78, 5) is 19.4. The molecule has 0 aliphatic heterocycles. The molecule has 5 aromatic carbocycles. The van der Waals surface area contributed by atoms with Gasteiger partial charge in [-0.1, -0.05) is 90.0 Å². The third-order valence-electron chi connectivity index (χ3n) is 8.27. The fraction of sp³-hybridized carbons (Fsp3) is 0.0500. The Kier molecular flexibility index (Phi) is 6.50. The zero-order chi connectivity index (χ0) is 30.3. The first kappa shape index (κ1) is 26.7. The second-order valence-electron chi connectivity index (χ2n) is 11.4. The molecule has 0 aliphatic rings. The Hall–Kier alpha value is -5.94. The monoisotopic (exact) mass is 579 g/mol. The molecule has 0 spiro atoms. The van der Waals surface area contributed by atoms with E-state index in [4.69, 9.17) is 15.0 Å². The smallest absolute Gasteiger partial charge is 0.164 e. The highest BCUT2D eigenvalue weighted by Gasteiger charge is 2.19. The fourth-order valence-electron chi connectivity index (χ4n) is 6.10. The van der Waals surface area contributed by atoms with E-state index in [1.54, 1.807) is 0 Å². The molecule has 0 saturated heterocycles. The van der Waals surface area contributed by atoms with Crippen molar-refractivity contribution in [2.45, 2.75) is 13.8 Å². The summed E-state index contributed by atoms with van der Waals surface area (Å²) in [5, 5.41) is 2.48. The summed E-state index contributed by atoms with van der Waals surface area (Å²) < 4.78 is 2.35. The third-order valence-corrected chi connectivity index (χ3v) is 8.27. The summed E-state index contributed by atoms with van der Waals surface area (Å²) >= 11 is 0. The van der Waals surface area contributed by atoms with Crippen molar-refractivity contribution < 1.29 is 0 Å². The van der Waals surface area contributed by atoms with Gasteiger partial charge in [0.15, 0.2) is 17.5 Å². The Bertz CT molecular complexity index is 2210. The van der Waals surface area contributed by atoms with E-state index in [1.165, 1.54) is 21.9 Å². The summed E-state index contributed by atoms with van der Waals surface area (Å²) in [5.41, 5.74) is 10.7. The molecule has 0 saturated carbocycles. The highest BCUT2D eigenvalue weighted by atomic mass is 15.0. The van der Waals surface area contributed by atoms with Crippen molar-refractivity contribution in [1.82, 2.24) is 24.5 Å². The van der Waals surface area contributed by atoms with Crippen LogP contribution in [0.2, 0.25) is 0 Å². The fourth-order valence-corrected chi connectivity index (χ4v) is 6.10. The molecule has 0 bridgehead atoms. The van der Waals surface area contributed by atoms with Gasteiger partial charge in [0.2, 0.25) is 0 Å². The summed E-state index contributed by atoms with van der Waals surface area (Å²) in [6.45, 7) is 4.30. The summed E-state index contributed by atoms with van der Waals surface area (Å²) in [6.07, 6.45) is 3.64. The van der Waals surface area contributed by atoms with Gasteiger partial charge in [-0.25, -0.2) is 15.0 Å². The standard InChI is InChI=1S/C40H29N5/c1-26-13-17-36-33(23-26)34-24-27(2)14-18-37(34)45(36)31-15-16-32(28-19-21-41-22-20-28)35(25-31)40-43-38(29-9-5-3-6-10-29)42-39(44-40)30-11-7-4-8-12-30/h3-25H,1-2H3. The van der Waals surface area contributed by atoms with Crippen molar-refractivity contribution in [2.24, 2.45) is 0 Å². The number of hydrogen-bond acceptors (Lipinski definition) is 4. The minimum absolute atomic E-state index is 0.615. The predicted octanol–water partition coefficient (Wildman–Crippen LogP) is 9.65. The van der Waals surface area contributed by atoms with Gasteiger partial charge >= 0.3 is 0 Å². The maximum Gasteiger partial charge on any atom is 0.164 e. The molecule has 0 radical (unpaired) electrons. The van der Waals surface area contributed by atoms with E-state index < -0.39 is 0 Å². The molecule has 5 nitrogen and oxygen atoms in total. The van der Waals surface area contributed by atoms with Crippen LogP contribution in [-0.4, -0.2) is 24.5 Å². The third kappa shape index (κ3) is 4.85. The second kappa shape index (κ2) is 11.0. The molecule has 0 N–H and O–H groups in total. The number of benzene rings is 5.